The molecule has 0 saturated carbocycles. The zero-order valence-electron chi connectivity index (χ0n) is 8.02. The maximum absolute atomic E-state index is 8.26. The Bertz CT molecular complexity index is 351. The zero-order valence-corrected chi connectivity index (χ0v) is 8.02. The predicted octanol–water partition coefficient (Wildman–Crippen LogP) is 3.00. The van der Waals surface area contributed by atoms with E-state index in [0.717, 1.165) is 5.69 Å². The molecule has 1 aromatic rings. The van der Waals surface area contributed by atoms with Gasteiger partial charge in [0.25, 0.3) is 0 Å². The molecule has 0 fully saturated rings. The first-order valence-corrected chi connectivity index (χ1v) is 3.98. The zero-order chi connectivity index (χ0) is 9.84. The molecule has 0 unspecified atom stereocenters. The van der Waals surface area contributed by atoms with Crippen molar-refractivity contribution in [3.05, 3.63) is 34.2 Å². The van der Waals surface area contributed by atoms with Crippen LogP contribution in [0.25, 0.3) is 10.4 Å². The summed E-state index contributed by atoms with van der Waals surface area (Å²) in [5.74, 6) is 0. The molecule has 0 N–H and O–H groups in total. The molecular formula is C9H12N4. The normalized spacial score (nSPS) is 9.15. The largest absolute Gasteiger partial charge is 0.377 e. The first kappa shape index (κ1) is 9.42. The molecule has 0 aliphatic rings. The average Bonchev–Trinajstić information content (AvgIpc) is 2.08. The summed E-state index contributed by atoms with van der Waals surface area (Å²) in [7, 11) is 3.92. The van der Waals surface area contributed by atoms with Crippen molar-refractivity contribution in [3.63, 3.8) is 0 Å². The molecule has 0 aromatic heterocycles. The molecule has 0 saturated heterocycles. The van der Waals surface area contributed by atoms with Gasteiger partial charge in [0.2, 0.25) is 0 Å². The Morgan fingerprint density at radius 3 is 2.62 bits per heavy atom. The van der Waals surface area contributed by atoms with Crippen molar-refractivity contribution in [2.24, 2.45) is 5.11 Å². The van der Waals surface area contributed by atoms with Crippen LogP contribution in [-0.2, 0) is 0 Å². The Hall–Kier alpha value is -1.67. The molecule has 1 aromatic carbocycles. The van der Waals surface area contributed by atoms with Crippen LogP contribution in [-0.4, -0.2) is 14.1 Å². The second-order valence-electron chi connectivity index (χ2n) is 3.05. The van der Waals surface area contributed by atoms with Crippen molar-refractivity contribution in [2.45, 2.75) is 6.92 Å². The van der Waals surface area contributed by atoms with E-state index in [0.29, 0.717) is 5.69 Å². The second-order valence-corrected chi connectivity index (χ2v) is 3.05. The highest BCUT2D eigenvalue weighted by Crippen LogP contribution is 2.24. The molecule has 68 valence electrons. The third kappa shape index (κ3) is 2.13. The lowest BCUT2D eigenvalue weighted by Gasteiger charge is -2.15. The van der Waals surface area contributed by atoms with Crippen LogP contribution in [0.5, 0.6) is 0 Å². The summed E-state index contributed by atoms with van der Waals surface area (Å²) >= 11 is 0. The van der Waals surface area contributed by atoms with E-state index >= 15 is 0 Å². The number of benzene rings is 1. The number of nitrogens with zero attached hydrogens (tertiary/aromatic N) is 4. The number of aryl methyl sites for hydroxylation is 1. The molecule has 0 aliphatic heterocycles. The monoisotopic (exact) mass is 176 g/mol. The van der Waals surface area contributed by atoms with E-state index in [-0.39, 0.29) is 0 Å². The first-order chi connectivity index (χ1) is 6.15. The van der Waals surface area contributed by atoms with Gasteiger partial charge in [-0.3, -0.25) is 0 Å². The van der Waals surface area contributed by atoms with Crippen LogP contribution in [0.15, 0.2) is 23.3 Å². The molecular weight excluding hydrogens is 164 g/mol. The van der Waals surface area contributed by atoms with Gasteiger partial charge < -0.3 is 4.90 Å². The van der Waals surface area contributed by atoms with Gasteiger partial charge in [-0.05, 0) is 24.1 Å². The van der Waals surface area contributed by atoms with Crippen LogP contribution >= 0.6 is 0 Å². The highest BCUT2D eigenvalue weighted by Gasteiger charge is 2.00. The Labute approximate surface area is 77.4 Å². The fraction of sp³-hybridized carbons (Fsp3) is 0.333. The highest BCUT2D eigenvalue weighted by molar-refractivity contribution is 5.59. The van der Waals surface area contributed by atoms with E-state index in [1.165, 1.54) is 5.56 Å². The summed E-state index contributed by atoms with van der Waals surface area (Å²) in [5, 5.41) is 3.54. The minimum atomic E-state index is 0.650. The average molecular weight is 176 g/mol. The van der Waals surface area contributed by atoms with Crippen molar-refractivity contribution in [3.8, 4) is 0 Å². The standard InChI is InChI=1S/C9H12N4/c1-7-4-5-8(11-12-10)6-9(7)13(2)3/h4-6H,1-3H3. The molecule has 4 nitrogen and oxygen atoms in total. The lowest BCUT2D eigenvalue weighted by Crippen LogP contribution is -2.09. The Kier molecular flexibility index (Phi) is 2.77. The van der Waals surface area contributed by atoms with Crippen LogP contribution < -0.4 is 4.90 Å². The second kappa shape index (κ2) is 3.83. The van der Waals surface area contributed by atoms with Crippen LogP contribution in [0.4, 0.5) is 11.4 Å². The summed E-state index contributed by atoms with van der Waals surface area (Å²) in [4.78, 5) is 4.73. The number of rotatable bonds is 2. The maximum atomic E-state index is 8.26. The van der Waals surface area contributed by atoms with E-state index in [4.69, 9.17) is 5.53 Å². The van der Waals surface area contributed by atoms with Gasteiger partial charge in [-0.25, -0.2) is 0 Å². The molecule has 0 radical (unpaired) electrons. The van der Waals surface area contributed by atoms with Gasteiger partial charge in [-0.1, -0.05) is 17.2 Å². The molecule has 0 spiro atoms. The molecule has 13 heavy (non-hydrogen) atoms. The molecule has 0 aliphatic carbocycles. The molecule has 1 rings (SSSR count). The Morgan fingerprint density at radius 2 is 2.08 bits per heavy atom. The van der Waals surface area contributed by atoms with Crippen molar-refractivity contribution in [1.29, 1.82) is 0 Å². The van der Waals surface area contributed by atoms with Crippen molar-refractivity contribution >= 4 is 11.4 Å². The predicted molar refractivity (Wildman–Crippen MR) is 54.3 cm³/mol. The van der Waals surface area contributed by atoms with Crippen molar-refractivity contribution < 1.29 is 0 Å². The van der Waals surface area contributed by atoms with Crippen molar-refractivity contribution in [1.82, 2.24) is 0 Å². The fourth-order valence-electron chi connectivity index (χ4n) is 1.19. The SMILES string of the molecule is Cc1ccc(N=[N+]=[N-])cc1N(C)C. The summed E-state index contributed by atoms with van der Waals surface area (Å²) in [6.45, 7) is 2.02. The molecule has 0 amide bonds. The topological polar surface area (TPSA) is 52.0 Å². The summed E-state index contributed by atoms with van der Waals surface area (Å²) in [6.07, 6.45) is 0. The van der Waals surface area contributed by atoms with Crippen LogP contribution in [0.3, 0.4) is 0 Å². The van der Waals surface area contributed by atoms with Gasteiger partial charge >= 0.3 is 0 Å². The summed E-state index contributed by atoms with van der Waals surface area (Å²) < 4.78 is 0. The summed E-state index contributed by atoms with van der Waals surface area (Å²) in [6, 6.07) is 5.62. The lowest BCUT2D eigenvalue weighted by atomic mass is 10.2. The van der Waals surface area contributed by atoms with E-state index in [1.54, 1.807) is 0 Å². The molecule has 4 heteroatoms. The third-order valence-electron chi connectivity index (χ3n) is 1.83. The smallest absolute Gasteiger partial charge is 0.0396 e. The van der Waals surface area contributed by atoms with Crippen LogP contribution in [0, 0.1) is 6.92 Å². The summed E-state index contributed by atoms with van der Waals surface area (Å²) in [5.41, 5.74) is 11.2. The first-order valence-electron chi connectivity index (χ1n) is 3.98. The van der Waals surface area contributed by atoms with Gasteiger partial charge in [0, 0.05) is 30.4 Å². The van der Waals surface area contributed by atoms with E-state index in [9.17, 15) is 0 Å². The number of anilines is 1. The molecule has 0 bridgehead atoms. The minimum absolute atomic E-state index is 0.650. The van der Waals surface area contributed by atoms with Crippen LogP contribution in [0.1, 0.15) is 5.56 Å². The molecule has 0 atom stereocenters. The third-order valence-corrected chi connectivity index (χ3v) is 1.83. The van der Waals surface area contributed by atoms with Gasteiger partial charge in [0.15, 0.2) is 0 Å². The highest BCUT2D eigenvalue weighted by atomic mass is 15.1. The van der Waals surface area contributed by atoms with E-state index in [1.807, 2.05) is 44.1 Å². The van der Waals surface area contributed by atoms with Crippen LogP contribution in [0.2, 0.25) is 0 Å². The van der Waals surface area contributed by atoms with Gasteiger partial charge in [-0.15, -0.1) is 0 Å². The van der Waals surface area contributed by atoms with Gasteiger partial charge in [-0.2, -0.15) is 0 Å². The number of hydrogen-bond acceptors (Lipinski definition) is 2. The fourth-order valence-corrected chi connectivity index (χ4v) is 1.19. The molecule has 0 heterocycles. The minimum Gasteiger partial charge on any atom is -0.377 e. The van der Waals surface area contributed by atoms with Gasteiger partial charge in [0.05, 0.1) is 0 Å². The van der Waals surface area contributed by atoms with Crippen molar-refractivity contribution in [2.75, 3.05) is 19.0 Å². The van der Waals surface area contributed by atoms with E-state index < -0.39 is 0 Å². The Balaban J connectivity index is 3.18. The van der Waals surface area contributed by atoms with E-state index in [2.05, 4.69) is 10.0 Å². The Morgan fingerprint density at radius 1 is 1.38 bits per heavy atom. The number of hydrogen-bond donors (Lipinski definition) is 0. The lowest BCUT2D eigenvalue weighted by molar-refractivity contribution is 1.11. The quantitative estimate of drug-likeness (QED) is 0.388. The maximum Gasteiger partial charge on any atom is 0.0396 e. The van der Waals surface area contributed by atoms with Gasteiger partial charge in [0.1, 0.15) is 0 Å². The number of azide groups is 1.